The highest BCUT2D eigenvalue weighted by atomic mass is 16.6. The summed E-state index contributed by atoms with van der Waals surface area (Å²) >= 11 is 0. The number of hydrogen-bond donors (Lipinski definition) is 1. The molecule has 2 N–H and O–H groups in total. The number of non-ortho nitro benzene ring substituents is 1. The van der Waals surface area contributed by atoms with Crippen LogP contribution in [0.15, 0.2) is 18.2 Å². The summed E-state index contributed by atoms with van der Waals surface area (Å²) < 4.78 is 0. The second-order valence-corrected chi connectivity index (χ2v) is 2.28. The van der Waals surface area contributed by atoms with Crippen molar-refractivity contribution in [3.8, 4) is 5.75 Å². The van der Waals surface area contributed by atoms with Crippen LogP contribution in [0.3, 0.4) is 0 Å². The van der Waals surface area contributed by atoms with Crippen LogP contribution in [0, 0.1) is 20.2 Å². The number of rotatable bonds is 3. The van der Waals surface area contributed by atoms with E-state index in [2.05, 4.69) is 4.84 Å². The normalized spacial score (nSPS) is 8.69. The minimum atomic E-state index is -0.810. The van der Waals surface area contributed by atoms with E-state index in [9.17, 15) is 20.2 Å². The van der Waals surface area contributed by atoms with Gasteiger partial charge in [-0.25, -0.2) is 0 Å². The van der Waals surface area contributed by atoms with Gasteiger partial charge in [-0.3, -0.25) is 20.2 Å². The summed E-state index contributed by atoms with van der Waals surface area (Å²) in [6.07, 6.45) is 0. The Morgan fingerprint density at radius 2 is 1.75 bits per heavy atom. The topological polar surface area (TPSA) is 122 Å². The molecule has 0 aliphatic carbocycles. The maximum absolute atomic E-state index is 10.4. The van der Waals surface area contributed by atoms with Crippen LogP contribution >= 0.6 is 0 Å². The maximum atomic E-state index is 10.4. The van der Waals surface area contributed by atoms with Gasteiger partial charge in [0.1, 0.15) is 0 Å². The maximum Gasteiger partial charge on any atom is 0.320 e. The van der Waals surface area contributed by atoms with Crippen molar-refractivity contribution in [2.24, 2.45) is 5.90 Å². The molecule has 0 aliphatic rings. The third-order valence-electron chi connectivity index (χ3n) is 1.48. The van der Waals surface area contributed by atoms with E-state index < -0.39 is 21.2 Å². The van der Waals surface area contributed by atoms with Crippen molar-refractivity contribution in [1.82, 2.24) is 0 Å². The fourth-order valence-electron chi connectivity index (χ4n) is 0.862. The molecule has 0 saturated heterocycles. The van der Waals surface area contributed by atoms with E-state index in [1.807, 2.05) is 13.8 Å². The van der Waals surface area contributed by atoms with Crippen molar-refractivity contribution in [2.75, 3.05) is 0 Å². The van der Waals surface area contributed by atoms with Crippen LogP contribution in [0.2, 0.25) is 0 Å². The highest BCUT2D eigenvalue weighted by Crippen LogP contribution is 2.29. The van der Waals surface area contributed by atoms with Crippen molar-refractivity contribution < 1.29 is 14.7 Å². The standard InChI is InChI=1S/C6H5N3O5.C2H6/c7-14-6-2-1-4(8(10)11)3-5(6)9(12)13;1-2/h1-3H,7H2;1-2H3. The SMILES string of the molecule is CC.NOc1ccc([N+](=O)[O-])cc1[N+](=O)[O-]. The number of benzene rings is 1. The predicted octanol–water partition coefficient (Wildman–Crippen LogP) is 1.78. The molecule has 0 atom stereocenters. The van der Waals surface area contributed by atoms with E-state index in [4.69, 9.17) is 5.90 Å². The zero-order valence-corrected chi connectivity index (χ0v) is 8.75. The Balaban J connectivity index is 0.00000106. The molecule has 88 valence electrons. The molecule has 0 spiro atoms. The zero-order valence-electron chi connectivity index (χ0n) is 8.75. The number of nitro groups is 2. The van der Waals surface area contributed by atoms with E-state index in [0.717, 1.165) is 18.2 Å². The minimum absolute atomic E-state index is 0.222. The van der Waals surface area contributed by atoms with Crippen LogP contribution in [-0.4, -0.2) is 9.85 Å². The number of nitrogens with two attached hydrogens (primary N) is 1. The average molecular weight is 229 g/mol. The van der Waals surface area contributed by atoms with Crippen LogP contribution < -0.4 is 10.7 Å². The molecule has 0 unspecified atom stereocenters. The Morgan fingerprint density at radius 1 is 1.19 bits per heavy atom. The molecule has 0 saturated carbocycles. The molecular weight excluding hydrogens is 218 g/mol. The highest BCUT2D eigenvalue weighted by Gasteiger charge is 2.20. The lowest BCUT2D eigenvalue weighted by molar-refractivity contribution is -0.394. The first kappa shape index (κ1) is 13.8. The molecule has 1 aromatic carbocycles. The van der Waals surface area contributed by atoms with Gasteiger partial charge >= 0.3 is 5.69 Å². The Labute approximate surface area is 90.9 Å². The summed E-state index contributed by atoms with van der Waals surface area (Å²) in [5.74, 6) is 4.52. The van der Waals surface area contributed by atoms with Crippen molar-refractivity contribution >= 4 is 11.4 Å². The lowest BCUT2D eigenvalue weighted by Gasteiger charge is -1.99. The number of nitrogens with zero attached hydrogens (tertiary/aromatic N) is 2. The molecule has 8 nitrogen and oxygen atoms in total. The largest absolute Gasteiger partial charge is 0.404 e. The first-order chi connectivity index (χ1) is 7.56. The lowest BCUT2D eigenvalue weighted by Crippen LogP contribution is -2.05. The van der Waals surface area contributed by atoms with Gasteiger partial charge in [0.2, 0.25) is 5.75 Å². The quantitative estimate of drug-likeness (QED) is 0.622. The van der Waals surface area contributed by atoms with Gasteiger partial charge in [-0.15, -0.1) is 0 Å². The van der Waals surface area contributed by atoms with Crippen LogP contribution in [-0.2, 0) is 0 Å². The summed E-state index contributed by atoms with van der Waals surface area (Å²) in [7, 11) is 0. The van der Waals surface area contributed by atoms with Gasteiger partial charge < -0.3 is 4.84 Å². The van der Waals surface area contributed by atoms with Crippen LogP contribution in [0.1, 0.15) is 13.8 Å². The molecule has 0 aliphatic heterocycles. The third-order valence-corrected chi connectivity index (χ3v) is 1.48. The number of hydrogen-bond acceptors (Lipinski definition) is 6. The molecule has 1 aromatic rings. The molecule has 8 heteroatoms. The smallest absolute Gasteiger partial charge is 0.320 e. The van der Waals surface area contributed by atoms with E-state index in [1.165, 1.54) is 0 Å². The van der Waals surface area contributed by atoms with Gasteiger partial charge in [-0.1, -0.05) is 13.8 Å². The zero-order chi connectivity index (χ0) is 12.7. The van der Waals surface area contributed by atoms with E-state index in [1.54, 1.807) is 0 Å². The molecule has 0 aromatic heterocycles. The van der Waals surface area contributed by atoms with Crippen molar-refractivity contribution in [1.29, 1.82) is 0 Å². The second-order valence-electron chi connectivity index (χ2n) is 2.28. The van der Waals surface area contributed by atoms with E-state index in [-0.39, 0.29) is 5.75 Å². The first-order valence-electron chi connectivity index (χ1n) is 4.36. The van der Waals surface area contributed by atoms with E-state index >= 15 is 0 Å². The Kier molecular flexibility index (Phi) is 5.42. The summed E-state index contributed by atoms with van der Waals surface area (Å²) in [6.45, 7) is 4.00. The van der Waals surface area contributed by atoms with Crippen molar-refractivity contribution in [3.05, 3.63) is 38.4 Å². The predicted molar refractivity (Wildman–Crippen MR) is 55.9 cm³/mol. The molecule has 0 amide bonds. The summed E-state index contributed by atoms with van der Waals surface area (Å²) in [5, 5.41) is 20.7. The second kappa shape index (κ2) is 6.30. The molecule has 1 rings (SSSR count). The van der Waals surface area contributed by atoms with Gasteiger partial charge in [0.25, 0.3) is 5.69 Å². The van der Waals surface area contributed by atoms with Crippen molar-refractivity contribution in [3.63, 3.8) is 0 Å². The summed E-state index contributed by atoms with van der Waals surface area (Å²) in [4.78, 5) is 23.3. The third kappa shape index (κ3) is 3.17. The minimum Gasteiger partial charge on any atom is -0.404 e. The lowest BCUT2D eigenvalue weighted by atomic mass is 10.2. The molecular formula is C8H11N3O5. The van der Waals surface area contributed by atoms with Crippen LogP contribution in [0.25, 0.3) is 0 Å². The molecule has 0 bridgehead atoms. The van der Waals surface area contributed by atoms with E-state index in [0.29, 0.717) is 0 Å². The average Bonchev–Trinajstić information content (AvgIpc) is 2.30. The molecule has 0 radical (unpaired) electrons. The number of nitro benzene ring substituents is 2. The molecule has 0 heterocycles. The fraction of sp³-hybridized carbons (Fsp3) is 0.250. The Morgan fingerprint density at radius 3 is 2.12 bits per heavy atom. The molecule has 0 fully saturated rings. The Hall–Kier alpha value is -2.22. The van der Waals surface area contributed by atoms with Gasteiger partial charge in [0, 0.05) is 6.07 Å². The van der Waals surface area contributed by atoms with Gasteiger partial charge in [-0.05, 0) is 6.07 Å². The van der Waals surface area contributed by atoms with Gasteiger partial charge in [0.15, 0.2) is 0 Å². The fourth-order valence-corrected chi connectivity index (χ4v) is 0.862. The van der Waals surface area contributed by atoms with Crippen LogP contribution in [0.4, 0.5) is 11.4 Å². The van der Waals surface area contributed by atoms with Crippen molar-refractivity contribution in [2.45, 2.75) is 13.8 Å². The summed E-state index contributed by atoms with van der Waals surface area (Å²) in [5.41, 5.74) is -0.931. The Bertz CT molecular complexity index is 393. The first-order valence-corrected chi connectivity index (χ1v) is 4.36. The van der Waals surface area contributed by atoms with Gasteiger partial charge in [0.05, 0.1) is 15.9 Å². The summed E-state index contributed by atoms with van der Waals surface area (Å²) in [6, 6.07) is 2.91. The monoisotopic (exact) mass is 229 g/mol. The highest BCUT2D eigenvalue weighted by molar-refractivity contribution is 5.53. The van der Waals surface area contributed by atoms with Crippen LogP contribution in [0.5, 0.6) is 5.75 Å². The van der Waals surface area contributed by atoms with Gasteiger partial charge in [-0.2, -0.15) is 5.90 Å². The molecule has 16 heavy (non-hydrogen) atoms.